The predicted molar refractivity (Wildman–Crippen MR) is 138 cm³/mol. The standard InChI is InChI=1S/C26H29ClFN5O4/c1-35-23-14-22-19(26(30-16-29-22)31-17-2-3-21(28)20(27)12-17)13-24(23)37-18-4-6-33(7-5-18)25(34)15-32-8-10-36-11-9-32/h2-3,12-14,16,18H,4-11,15H2,1H3,(H,29,30,31). The van der Waals surface area contributed by atoms with E-state index in [2.05, 4.69) is 20.2 Å². The average molecular weight is 530 g/mol. The van der Waals surface area contributed by atoms with Gasteiger partial charge in [0.25, 0.3) is 0 Å². The minimum Gasteiger partial charge on any atom is -0.493 e. The quantitative estimate of drug-likeness (QED) is 0.493. The number of anilines is 2. The Morgan fingerprint density at radius 3 is 2.65 bits per heavy atom. The number of fused-ring (bicyclic) bond motifs is 1. The fourth-order valence-corrected chi connectivity index (χ4v) is 4.76. The molecule has 0 atom stereocenters. The van der Waals surface area contributed by atoms with Gasteiger partial charge in [0.05, 0.1) is 37.4 Å². The molecule has 0 bridgehead atoms. The smallest absolute Gasteiger partial charge is 0.236 e. The summed E-state index contributed by atoms with van der Waals surface area (Å²) in [5.74, 6) is 1.33. The van der Waals surface area contributed by atoms with Gasteiger partial charge in [0.1, 0.15) is 24.1 Å². The highest BCUT2D eigenvalue weighted by Gasteiger charge is 2.26. The minimum absolute atomic E-state index is 0.0174. The molecular weight excluding hydrogens is 501 g/mol. The number of amides is 1. The molecule has 2 aromatic carbocycles. The third kappa shape index (κ3) is 6.03. The molecule has 11 heteroatoms. The van der Waals surface area contributed by atoms with E-state index in [1.807, 2.05) is 11.0 Å². The SMILES string of the molecule is COc1cc2ncnc(Nc3ccc(F)c(Cl)c3)c2cc1OC1CCN(C(=O)CN2CCOCC2)CC1. The topological polar surface area (TPSA) is 89.1 Å². The Balaban J connectivity index is 1.28. The second kappa shape index (κ2) is 11.5. The van der Waals surface area contributed by atoms with E-state index in [1.165, 1.54) is 18.5 Å². The number of halogens is 2. The lowest BCUT2D eigenvalue weighted by atomic mass is 10.1. The van der Waals surface area contributed by atoms with Gasteiger partial charge in [0.2, 0.25) is 5.91 Å². The Morgan fingerprint density at radius 2 is 1.92 bits per heavy atom. The van der Waals surface area contributed by atoms with Crippen molar-refractivity contribution in [2.24, 2.45) is 0 Å². The monoisotopic (exact) mass is 529 g/mol. The Bertz CT molecular complexity index is 1270. The molecule has 5 rings (SSSR count). The van der Waals surface area contributed by atoms with Crippen molar-refractivity contribution in [3.63, 3.8) is 0 Å². The molecule has 37 heavy (non-hydrogen) atoms. The highest BCUT2D eigenvalue weighted by atomic mass is 35.5. The molecule has 2 fully saturated rings. The first-order valence-corrected chi connectivity index (χ1v) is 12.7. The van der Waals surface area contributed by atoms with Crippen molar-refractivity contribution in [3.8, 4) is 11.5 Å². The maximum absolute atomic E-state index is 13.6. The lowest BCUT2D eigenvalue weighted by molar-refractivity contribution is -0.135. The number of morpholine rings is 1. The van der Waals surface area contributed by atoms with Gasteiger partial charge in [-0.2, -0.15) is 0 Å². The van der Waals surface area contributed by atoms with Crippen LogP contribution in [0.15, 0.2) is 36.7 Å². The summed E-state index contributed by atoms with van der Waals surface area (Å²) in [6.45, 7) is 4.66. The number of benzene rings is 2. The summed E-state index contributed by atoms with van der Waals surface area (Å²) in [5.41, 5.74) is 1.26. The van der Waals surface area contributed by atoms with Gasteiger partial charge in [0, 0.05) is 56.2 Å². The third-order valence-electron chi connectivity index (χ3n) is 6.65. The molecule has 3 heterocycles. The lowest BCUT2D eigenvalue weighted by Crippen LogP contribution is -2.48. The van der Waals surface area contributed by atoms with Gasteiger partial charge in [-0.25, -0.2) is 14.4 Å². The number of likely N-dealkylation sites (tertiary alicyclic amines) is 1. The normalized spacial score (nSPS) is 17.1. The van der Waals surface area contributed by atoms with E-state index in [0.29, 0.717) is 61.4 Å². The average Bonchev–Trinajstić information content (AvgIpc) is 2.91. The van der Waals surface area contributed by atoms with Gasteiger partial charge in [-0.3, -0.25) is 9.69 Å². The summed E-state index contributed by atoms with van der Waals surface area (Å²) in [5, 5.41) is 3.92. The van der Waals surface area contributed by atoms with Crippen LogP contribution in [-0.4, -0.2) is 84.8 Å². The molecule has 2 saturated heterocycles. The number of aromatic nitrogens is 2. The van der Waals surface area contributed by atoms with Crippen molar-refractivity contribution in [2.75, 3.05) is 58.4 Å². The molecular formula is C26H29ClFN5O4. The van der Waals surface area contributed by atoms with E-state index in [1.54, 1.807) is 19.2 Å². The van der Waals surface area contributed by atoms with E-state index in [9.17, 15) is 9.18 Å². The molecule has 1 aromatic heterocycles. The van der Waals surface area contributed by atoms with E-state index < -0.39 is 5.82 Å². The summed E-state index contributed by atoms with van der Waals surface area (Å²) in [6.07, 6.45) is 2.83. The first-order valence-electron chi connectivity index (χ1n) is 12.3. The fraction of sp³-hybridized carbons (Fsp3) is 0.423. The van der Waals surface area contributed by atoms with Crippen LogP contribution in [0.4, 0.5) is 15.9 Å². The van der Waals surface area contributed by atoms with Crippen LogP contribution < -0.4 is 14.8 Å². The molecule has 2 aliphatic heterocycles. The zero-order valence-electron chi connectivity index (χ0n) is 20.6. The molecule has 3 aromatic rings. The van der Waals surface area contributed by atoms with Crippen molar-refractivity contribution < 1.29 is 23.4 Å². The number of carbonyl (C=O) groups is 1. The van der Waals surface area contributed by atoms with Crippen LogP contribution in [0.1, 0.15) is 12.8 Å². The van der Waals surface area contributed by atoms with Crippen molar-refractivity contribution in [1.82, 2.24) is 19.8 Å². The van der Waals surface area contributed by atoms with Crippen LogP contribution in [0, 0.1) is 5.82 Å². The molecule has 0 unspecified atom stereocenters. The number of piperidine rings is 1. The van der Waals surface area contributed by atoms with Crippen LogP contribution in [0.5, 0.6) is 11.5 Å². The first kappa shape index (κ1) is 25.4. The maximum atomic E-state index is 13.6. The molecule has 0 spiro atoms. The lowest BCUT2D eigenvalue weighted by Gasteiger charge is -2.34. The van der Waals surface area contributed by atoms with Crippen LogP contribution >= 0.6 is 11.6 Å². The van der Waals surface area contributed by atoms with E-state index >= 15 is 0 Å². The van der Waals surface area contributed by atoms with Gasteiger partial charge < -0.3 is 24.4 Å². The van der Waals surface area contributed by atoms with Crippen molar-refractivity contribution in [2.45, 2.75) is 18.9 Å². The number of rotatable bonds is 7. The highest BCUT2D eigenvalue weighted by molar-refractivity contribution is 6.31. The predicted octanol–water partition coefficient (Wildman–Crippen LogP) is 3.88. The van der Waals surface area contributed by atoms with Crippen LogP contribution in [0.3, 0.4) is 0 Å². The van der Waals surface area contributed by atoms with Crippen molar-refractivity contribution in [3.05, 3.63) is 47.5 Å². The van der Waals surface area contributed by atoms with Crippen LogP contribution in [0.2, 0.25) is 5.02 Å². The fourth-order valence-electron chi connectivity index (χ4n) is 4.58. The molecule has 2 aliphatic rings. The highest BCUT2D eigenvalue weighted by Crippen LogP contribution is 2.36. The number of methoxy groups -OCH3 is 1. The molecule has 1 amide bonds. The second-order valence-electron chi connectivity index (χ2n) is 9.08. The molecule has 1 N–H and O–H groups in total. The summed E-state index contributed by atoms with van der Waals surface area (Å²) < 4.78 is 30.9. The van der Waals surface area contributed by atoms with Crippen LogP contribution in [-0.2, 0) is 9.53 Å². The zero-order chi connectivity index (χ0) is 25.8. The number of hydrogen-bond donors (Lipinski definition) is 1. The summed E-state index contributed by atoms with van der Waals surface area (Å²) >= 11 is 5.93. The van der Waals surface area contributed by atoms with Gasteiger partial charge in [0.15, 0.2) is 11.5 Å². The summed E-state index contributed by atoms with van der Waals surface area (Å²) in [6, 6.07) is 8.03. The van der Waals surface area contributed by atoms with Gasteiger partial charge in [-0.1, -0.05) is 11.6 Å². The Hall–Kier alpha value is -3.21. The number of hydrogen-bond acceptors (Lipinski definition) is 8. The molecule has 9 nitrogen and oxygen atoms in total. The van der Waals surface area contributed by atoms with Gasteiger partial charge in [-0.05, 0) is 24.3 Å². The molecule has 196 valence electrons. The molecule has 0 radical (unpaired) electrons. The Kier molecular flexibility index (Phi) is 7.87. The zero-order valence-corrected chi connectivity index (χ0v) is 21.3. The summed E-state index contributed by atoms with van der Waals surface area (Å²) in [7, 11) is 1.59. The maximum Gasteiger partial charge on any atom is 0.236 e. The van der Waals surface area contributed by atoms with E-state index in [0.717, 1.165) is 31.3 Å². The third-order valence-corrected chi connectivity index (χ3v) is 6.94. The second-order valence-corrected chi connectivity index (χ2v) is 9.49. The number of nitrogens with zero attached hydrogens (tertiary/aromatic N) is 4. The van der Waals surface area contributed by atoms with E-state index in [-0.39, 0.29) is 17.0 Å². The van der Waals surface area contributed by atoms with Crippen molar-refractivity contribution in [1.29, 1.82) is 0 Å². The van der Waals surface area contributed by atoms with Crippen molar-refractivity contribution >= 4 is 39.9 Å². The van der Waals surface area contributed by atoms with Gasteiger partial charge >= 0.3 is 0 Å². The number of nitrogens with one attached hydrogen (secondary N) is 1. The Morgan fingerprint density at radius 1 is 1.14 bits per heavy atom. The van der Waals surface area contributed by atoms with Crippen LogP contribution in [0.25, 0.3) is 10.9 Å². The van der Waals surface area contributed by atoms with E-state index in [4.69, 9.17) is 25.8 Å². The Labute approximate surface area is 219 Å². The molecule has 0 aliphatic carbocycles. The largest absolute Gasteiger partial charge is 0.493 e. The number of carbonyl (C=O) groups excluding carboxylic acids is 1. The number of ether oxygens (including phenoxy) is 3. The van der Waals surface area contributed by atoms with Gasteiger partial charge in [-0.15, -0.1) is 0 Å². The minimum atomic E-state index is -0.492. The molecule has 0 saturated carbocycles. The first-order chi connectivity index (χ1) is 18.0. The summed E-state index contributed by atoms with van der Waals surface area (Å²) in [4.78, 5) is 25.5.